The topological polar surface area (TPSA) is 38.9 Å². The smallest absolute Gasteiger partial charge is 0.124 e. The third kappa shape index (κ3) is 1.83. The second kappa shape index (κ2) is 3.89. The standard InChI is InChI=1S/C15H20N2S/c16-13-2-1-3-14(17-13)18-15-7-10-4-11(8-15)6-12(5-10)9-15/h1-3,10-12H,4-9H2,(H2,16,17). The highest BCUT2D eigenvalue weighted by molar-refractivity contribution is 8.00. The number of thioether (sulfide) groups is 1. The predicted molar refractivity (Wildman–Crippen MR) is 75.4 cm³/mol. The summed E-state index contributed by atoms with van der Waals surface area (Å²) in [4.78, 5) is 4.49. The van der Waals surface area contributed by atoms with E-state index >= 15 is 0 Å². The summed E-state index contributed by atoms with van der Waals surface area (Å²) in [6, 6.07) is 6.04. The maximum Gasteiger partial charge on any atom is 0.124 e. The molecule has 4 bridgehead atoms. The molecule has 0 radical (unpaired) electrons. The van der Waals surface area contributed by atoms with Crippen LogP contribution in [0.1, 0.15) is 38.5 Å². The van der Waals surface area contributed by atoms with Gasteiger partial charge in [-0.15, -0.1) is 0 Å². The normalized spacial score (nSPS) is 41.2. The largest absolute Gasteiger partial charge is 0.384 e. The molecule has 5 rings (SSSR count). The van der Waals surface area contributed by atoms with Crippen molar-refractivity contribution in [3.8, 4) is 0 Å². The van der Waals surface area contributed by atoms with E-state index in [-0.39, 0.29) is 0 Å². The van der Waals surface area contributed by atoms with Crippen LogP contribution in [0.2, 0.25) is 0 Å². The minimum Gasteiger partial charge on any atom is -0.384 e. The molecule has 1 heterocycles. The van der Waals surface area contributed by atoms with Crippen molar-refractivity contribution in [1.82, 2.24) is 4.98 Å². The fourth-order valence-electron chi connectivity index (χ4n) is 4.87. The van der Waals surface area contributed by atoms with Gasteiger partial charge in [-0.3, -0.25) is 0 Å². The van der Waals surface area contributed by atoms with Crippen LogP contribution in [0.25, 0.3) is 0 Å². The zero-order valence-electron chi connectivity index (χ0n) is 10.6. The molecular formula is C15H20N2S. The summed E-state index contributed by atoms with van der Waals surface area (Å²) < 4.78 is 0.496. The van der Waals surface area contributed by atoms with Gasteiger partial charge in [0.25, 0.3) is 0 Å². The van der Waals surface area contributed by atoms with Crippen LogP contribution in [0.3, 0.4) is 0 Å². The number of pyridine rings is 1. The van der Waals surface area contributed by atoms with Crippen LogP contribution < -0.4 is 5.73 Å². The molecule has 4 aliphatic rings. The monoisotopic (exact) mass is 260 g/mol. The number of rotatable bonds is 2. The van der Waals surface area contributed by atoms with Crippen molar-refractivity contribution in [3.05, 3.63) is 18.2 Å². The predicted octanol–water partition coefficient (Wildman–Crippen LogP) is 3.72. The van der Waals surface area contributed by atoms with Gasteiger partial charge in [0.1, 0.15) is 5.82 Å². The van der Waals surface area contributed by atoms with Crippen LogP contribution in [-0.4, -0.2) is 9.73 Å². The van der Waals surface area contributed by atoms with Crippen LogP contribution in [-0.2, 0) is 0 Å². The summed E-state index contributed by atoms with van der Waals surface area (Å²) in [5.74, 6) is 3.67. The molecular weight excluding hydrogens is 240 g/mol. The van der Waals surface area contributed by atoms with E-state index in [4.69, 9.17) is 5.73 Å². The minimum atomic E-state index is 0.496. The number of nitrogen functional groups attached to an aromatic ring is 1. The molecule has 1 aromatic rings. The van der Waals surface area contributed by atoms with E-state index in [9.17, 15) is 0 Å². The molecule has 0 aliphatic heterocycles. The number of hydrogen-bond acceptors (Lipinski definition) is 3. The SMILES string of the molecule is Nc1cccc(SC23CC4CC(CC(C4)C2)C3)n1. The molecule has 18 heavy (non-hydrogen) atoms. The lowest BCUT2D eigenvalue weighted by Gasteiger charge is -2.56. The van der Waals surface area contributed by atoms with Gasteiger partial charge in [0, 0.05) is 4.75 Å². The maximum atomic E-state index is 5.80. The molecule has 2 nitrogen and oxygen atoms in total. The fourth-order valence-corrected chi connectivity index (χ4v) is 6.56. The summed E-state index contributed by atoms with van der Waals surface area (Å²) in [7, 11) is 0. The second-order valence-electron chi connectivity index (χ2n) is 6.60. The maximum absolute atomic E-state index is 5.80. The number of aromatic nitrogens is 1. The number of hydrogen-bond donors (Lipinski definition) is 1. The Hall–Kier alpha value is -0.700. The second-order valence-corrected chi connectivity index (χ2v) is 8.09. The van der Waals surface area contributed by atoms with Crippen molar-refractivity contribution in [2.24, 2.45) is 17.8 Å². The minimum absolute atomic E-state index is 0.496. The number of nitrogens with two attached hydrogens (primary N) is 1. The molecule has 0 aromatic carbocycles. The first-order valence-electron chi connectivity index (χ1n) is 7.12. The van der Waals surface area contributed by atoms with Crippen molar-refractivity contribution in [2.45, 2.75) is 48.3 Å². The Labute approximate surface area is 113 Å². The lowest BCUT2D eigenvalue weighted by atomic mass is 9.56. The van der Waals surface area contributed by atoms with E-state index in [1.165, 1.54) is 38.5 Å². The van der Waals surface area contributed by atoms with E-state index in [2.05, 4.69) is 11.1 Å². The Morgan fingerprint density at radius 1 is 1.06 bits per heavy atom. The van der Waals surface area contributed by atoms with Crippen molar-refractivity contribution in [2.75, 3.05) is 5.73 Å². The number of anilines is 1. The summed E-state index contributed by atoms with van der Waals surface area (Å²) in [5, 5.41) is 1.14. The van der Waals surface area contributed by atoms with Gasteiger partial charge < -0.3 is 5.73 Å². The van der Waals surface area contributed by atoms with E-state index in [1.807, 2.05) is 23.9 Å². The molecule has 0 spiro atoms. The average Bonchev–Trinajstić information content (AvgIpc) is 2.25. The van der Waals surface area contributed by atoms with Gasteiger partial charge in [-0.2, -0.15) is 0 Å². The molecule has 0 unspecified atom stereocenters. The Morgan fingerprint density at radius 2 is 1.67 bits per heavy atom. The van der Waals surface area contributed by atoms with Crippen molar-refractivity contribution < 1.29 is 0 Å². The zero-order chi connectivity index (χ0) is 12.2. The van der Waals surface area contributed by atoms with Gasteiger partial charge in [-0.1, -0.05) is 17.8 Å². The summed E-state index contributed by atoms with van der Waals surface area (Å²) >= 11 is 2.02. The molecule has 96 valence electrons. The van der Waals surface area contributed by atoms with Gasteiger partial charge in [0.15, 0.2) is 0 Å². The first-order valence-corrected chi connectivity index (χ1v) is 7.94. The average molecular weight is 260 g/mol. The Balaban J connectivity index is 1.60. The van der Waals surface area contributed by atoms with Crippen molar-refractivity contribution in [1.29, 1.82) is 0 Å². The van der Waals surface area contributed by atoms with Gasteiger partial charge in [0.05, 0.1) is 5.03 Å². The zero-order valence-corrected chi connectivity index (χ0v) is 11.5. The molecule has 2 N–H and O–H groups in total. The molecule has 0 atom stereocenters. The Bertz CT molecular complexity index is 436. The van der Waals surface area contributed by atoms with E-state index in [1.54, 1.807) is 0 Å². The molecule has 3 heteroatoms. The van der Waals surface area contributed by atoms with Crippen molar-refractivity contribution >= 4 is 17.6 Å². The molecule has 4 saturated carbocycles. The highest BCUT2D eigenvalue weighted by Crippen LogP contribution is 2.61. The van der Waals surface area contributed by atoms with Crippen LogP contribution in [0.15, 0.2) is 23.2 Å². The molecule has 4 aliphatic carbocycles. The van der Waals surface area contributed by atoms with Gasteiger partial charge in [-0.05, 0) is 68.4 Å². The van der Waals surface area contributed by atoms with Gasteiger partial charge in [-0.25, -0.2) is 4.98 Å². The summed E-state index contributed by atoms with van der Waals surface area (Å²) in [6.45, 7) is 0. The first-order chi connectivity index (χ1) is 8.71. The summed E-state index contributed by atoms with van der Waals surface area (Å²) in [5.41, 5.74) is 5.80. The third-order valence-corrected chi connectivity index (χ3v) is 6.42. The van der Waals surface area contributed by atoms with Gasteiger partial charge in [0.2, 0.25) is 0 Å². The highest BCUT2D eigenvalue weighted by Gasteiger charge is 2.51. The summed E-state index contributed by atoms with van der Waals surface area (Å²) in [6.07, 6.45) is 8.76. The number of nitrogens with zero attached hydrogens (tertiary/aromatic N) is 1. The highest BCUT2D eigenvalue weighted by atomic mass is 32.2. The fraction of sp³-hybridized carbons (Fsp3) is 0.667. The molecule has 0 amide bonds. The first kappa shape index (κ1) is 11.2. The van der Waals surface area contributed by atoms with E-state index in [0.717, 1.165) is 22.8 Å². The van der Waals surface area contributed by atoms with E-state index < -0.39 is 0 Å². The lowest BCUT2D eigenvalue weighted by Crippen LogP contribution is -2.48. The molecule has 1 aromatic heterocycles. The van der Waals surface area contributed by atoms with Crippen LogP contribution in [0, 0.1) is 17.8 Å². The lowest BCUT2D eigenvalue weighted by molar-refractivity contribution is 0.0383. The van der Waals surface area contributed by atoms with Crippen LogP contribution in [0.4, 0.5) is 5.82 Å². The van der Waals surface area contributed by atoms with E-state index in [0.29, 0.717) is 10.6 Å². The van der Waals surface area contributed by atoms with Crippen LogP contribution >= 0.6 is 11.8 Å². The van der Waals surface area contributed by atoms with Gasteiger partial charge >= 0.3 is 0 Å². The Kier molecular flexibility index (Phi) is 2.41. The Morgan fingerprint density at radius 3 is 2.22 bits per heavy atom. The molecule has 0 saturated heterocycles. The third-order valence-electron chi connectivity index (χ3n) is 5.05. The molecule has 4 fully saturated rings. The van der Waals surface area contributed by atoms with Crippen LogP contribution in [0.5, 0.6) is 0 Å². The quantitative estimate of drug-likeness (QED) is 0.880. The van der Waals surface area contributed by atoms with Crippen molar-refractivity contribution in [3.63, 3.8) is 0 Å².